The van der Waals surface area contributed by atoms with E-state index in [1.807, 2.05) is 0 Å². The van der Waals surface area contributed by atoms with Gasteiger partial charge in [-0.25, -0.2) is 0 Å². The van der Waals surface area contributed by atoms with Crippen molar-refractivity contribution in [3.63, 3.8) is 0 Å². The largest absolute Gasteiger partial charge is 0.394 e. The van der Waals surface area contributed by atoms with Crippen molar-refractivity contribution in [2.24, 2.45) is 0 Å². The summed E-state index contributed by atoms with van der Waals surface area (Å²) >= 11 is 0. The molecule has 7 unspecified atom stereocenters. The standard InChI is InChI=1S/C43H73NO8/c1-3-5-7-9-10-11-12-13-14-15-16-17-18-19-20-21-22-23-24-25-26-27-28-29-31-33-39(47)44-36(37(46)32-30-8-6-4-2)35-51-43-42(50)41(49)40(48)38(34-45)52-43/h5,7,10-11,13-14,16-17,19-20,22-23,36-38,40-43,45-46,48-50H,3-4,6,8-9,12,15,18,21,24-35H2,1-2H3,(H,44,47)/b7-5-,11-10-,14-13-,17-16-,20-19-,23-22-. The molecule has 0 aromatic carbocycles. The predicted molar refractivity (Wildman–Crippen MR) is 212 cm³/mol. The second-order valence-corrected chi connectivity index (χ2v) is 13.7. The van der Waals surface area contributed by atoms with Crippen LogP contribution in [-0.2, 0) is 14.3 Å². The number of ether oxygens (including phenoxy) is 2. The Morgan fingerprint density at radius 1 is 0.673 bits per heavy atom. The van der Waals surface area contributed by atoms with E-state index in [0.717, 1.165) is 103 Å². The maximum absolute atomic E-state index is 12.8. The third-order valence-corrected chi connectivity index (χ3v) is 9.07. The molecule has 9 heteroatoms. The van der Waals surface area contributed by atoms with E-state index in [1.54, 1.807) is 0 Å². The molecule has 0 spiro atoms. The zero-order chi connectivity index (χ0) is 38.1. The first-order chi connectivity index (χ1) is 25.3. The summed E-state index contributed by atoms with van der Waals surface area (Å²) in [6.45, 7) is 3.55. The van der Waals surface area contributed by atoms with E-state index in [4.69, 9.17) is 9.47 Å². The number of allylic oxidation sites excluding steroid dienone is 12. The second kappa shape index (κ2) is 33.2. The van der Waals surface area contributed by atoms with Gasteiger partial charge >= 0.3 is 0 Å². The summed E-state index contributed by atoms with van der Waals surface area (Å²) in [5.74, 6) is -0.173. The van der Waals surface area contributed by atoms with Crippen LogP contribution in [0.1, 0.15) is 136 Å². The highest BCUT2D eigenvalue weighted by atomic mass is 16.7. The Morgan fingerprint density at radius 3 is 1.75 bits per heavy atom. The van der Waals surface area contributed by atoms with Crippen molar-refractivity contribution in [3.05, 3.63) is 72.9 Å². The van der Waals surface area contributed by atoms with Crippen molar-refractivity contribution in [2.45, 2.75) is 179 Å². The fourth-order valence-electron chi connectivity index (χ4n) is 5.81. The summed E-state index contributed by atoms with van der Waals surface area (Å²) in [6, 6.07) is -0.726. The number of unbranched alkanes of at least 4 members (excludes halogenated alkanes) is 9. The minimum Gasteiger partial charge on any atom is -0.394 e. The summed E-state index contributed by atoms with van der Waals surface area (Å²) in [4.78, 5) is 12.8. The Hall–Kier alpha value is -2.37. The molecule has 1 fully saturated rings. The predicted octanol–water partition coefficient (Wildman–Crippen LogP) is 7.44. The second-order valence-electron chi connectivity index (χ2n) is 13.7. The van der Waals surface area contributed by atoms with Gasteiger partial charge in [0.15, 0.2) is 6.29 Å². The zero-order valence-electron chi connectivity index (χ0n) is 32.3. The molecule has 1 saturated heterocycles. The van der Waals surface area contributed by atoms with Crippen LogP contribution >= 0.6 is 0 Å². The van der Waals surface area contributed by atoms with Crippen LogP contribution in [0.3, 0.4) is 0 Å². The molecular formula is C43H73NO8. The van der Waals surface area contributed by atoms with E-state index >= 15 is 0 Å². The topological polar surface area (TPSA) is 149 Å². The molecular weight excluding hydrogens is 658 g/mol. The average Bonchev–Trinajstić information content (AvgIpc) is 3.14. The van der Waals surface area contributed by atoms with Crippen LogP contribution in [-0.4, -0.2) is 87.5 Å². The van der Waals surface area contributed by atoms with Crippen molar-refractivity contribution in [2.75, 3.05) is 13.2 Å². The van der Waals surface area contributed by atoms with Crippen LogP contribution in [0.5, 0.6) is 0 Å². The lowest BCUT2D eigenvalue weighted by Gasteiger charge is -2.40. The maximum Gasteiger partial charge on any atom is 0.220 e. The molecule has 52 heavy (non-hydrogen) atoms. The number of aliphatic hydroxyl groups excluding tert-OH is 5. The zero-order valence-corrected chi connectivity index (χ0v) is 32.3. The van der Waals surface area contributed by atoms with Crippen LogP contribution in [0, 0.1) is 0 Å². The molecule has 1 rings (SSSR count). The fourth-order valence-corrected chi connectivity index (χ4v) is 5.81. The SMILES string of the molecule is CC/C=C\C/C=C\C/C=C\C/C=C\C/C=C\C/C=C\CCCCCCCCC(=O)NC(COC1OC(CO)C(O)C(O)C1O)C(O)CCCCCC. The lowest BCUT2D eigenvalue weighted by molar-refractivity contribution is -0.302. The summed E-state index contributed by atoms with van der Waals surface area (Å²) < 4.78 is 11.1. The van der Waals surface area contributed by atoms with Crippen LogP contribution < -0.4 is 5.32 Å². The normalized spacial score (nSPS) is 22.6. The number of rotatable bonds is 31. The van der Waals surface area contributed by atoms with Gasteiger partial charge in [0.05, 0.1) is 25.4 Å². The molecule has 0 radical (unpaired) electrons. The molecule has 1 heterocycles. The van der Waals surface area contributed by atoms with E-state index < -0.39 is 49.5 Å². The Morgan fingerprint density at radius 2 is 1.19 bits per heavy atom. The molecule has 1 aliphatic rings. The van der Waals surface area contributed by atoms with Crippen molar-refractivity contribution < 1.29 is 39.8 Å². The third-order valence-electron chi connectivity index (χ3n) is 9.07. The van der Waals surface area contributed by atoms with Gasteiger partial charge in [-0.2, -0.15) is 0 Å². The van der Waals surface area contributed by atoms with Gasteiger partial charge in [-0.05, 0) is 64.2 Å². The minimum atomic E-state index is -1.56. The lowest BCUT2D eigenvalue weighted by atomic mass is 9.99. The Bertz CT molecular complexity index is 1040. The van der Waals surface area contributed by atoms with Gasteiger partial charge in [-0.1, -0.05) is 138 Å². The van der Waals surface area contributed by atoms with Crippen LogP contribution in [0.4, 0.5) is 0 Å². The van der Waals surface area contributed by atoms with E-state index in [1.165, 1.54) is 6.42 Å². The first kappa shape index (κ1) is 47.7. The molecule has 9 nitrogen and oxygen atoms in total. The number of nitrogens with one attached hydrogen (secondary N) is 1. The van der Waals surface area contributed by atoms with E-state index in [-0.39, 0.29) is 12.5 Å². The molecule has 7 atom stereocenters. The van der Waals surface area contributed by atoms with Crippen LogP contribution in [0.2, 0.25) is 0 Å². The summed E-state index contributed by atoms with van der Waals surface area (Å²) in [5, 5.41) is 53.6. The Labute approximate surface area is 315 Å². The van der Waals surface area contributed by atoms with Gasteiger partial charge in [-0.15, -0.1) is 0 Å². The number of carbonyl (C=O) groups excluding carboxylic acids is 1. The number of amides is 1. The molecule has 1 amide bonds. The molecule has 0 bridgehead atoms. The summed E-state index contributed by atoms with van der Waals surface area (Å²) in [7, 11) is 0. The van der Waals surface area contributed by atoms with Crippen molar-refractivity contribution in [1.29, 1.82) is 0 Å². The van der Waals surface area contributed by atoms with Gasteiger partial charge in [0.25, 0.3) is 0 Å². The maximum atomic E-state index is 12.8. The van der Waals surface area contributed by atoms with Gasteiger partial charge in [0.1, 0.15) is 24.4 Å². The molecule has 0 saturated carbocycles. The summed E-state index contributed by atoms with van der Waals surface area (Å²) in [6.07, 6.45) is 36.9. The number of aliphatic hydroxyl groups is 5. The van der Waals surface area contributed by atoms with Crippen molar-refractivity contribution in [3.8, 4) is 0 Å². The summed E-state index contributed by atoms with van der Waals surface area (Å²) in [5.41, 5.74) is 0. The van der Waals surface area contributed by atoms with E-state index in [0.29, 0.717) is 12.8 Å². The fraction of sp³-hybridized carbons (Fsp3) is 0.698. The van der Waals surface area contributed by atoms with Gasteiger partial charge in [0.2, 0.25) is 5.91 Å². The Balaban J connectivity index is 2.20. The van der Waals surface area contributed by atoms with E-state index in [9.17, 15) is 30.3 Å². The van der Waals surface area contributed by atoms with Gasteiger partial charge in [-0.3, -0.25) is 4.79 Å². The highest BCUT2D eigenvalue weighted by Crippen LogP contribution is 2.22. The van der Waals surface area contributed by atoms with Crippen LogP contribution in [0.15, 0.2) is 72.9 Å². The minimum absolute atomic E-state index is 0.153. The molecule has 6 N–H and O–H groups in total. The highest BCUT2D eigenvalue weighted by Gasteiger charge is 2.44. The van der Waals surface area contributed by atoms with Gasteiger partial charge < -0.3 is 40.3 Å². The number of hydrogen-bond donors (Lipinski definition) is 6. The number of hydrogen-bond acceptors (Lipinski definition) is 8. The molecule has 298 valence electrons. The third kappa shape index (κ3) is 24.0. The van der Waals surface area contributed by atoms with Gasteiger partial charge in [0, 0.05) is 6.42 Å². The smallest absolute Gasteiger partial charge is 0.220 e. The molecule has 1 aliphatic heterocycles. The molecule has 0 aromatic heterocycles. The first-order valence-corrected chi connectivity index (χ1v) is 20.1. The van der Waals surface area contributed by atoms with E-state index in [2.05, 4.69) is 92.1 Å². The molecule has 0 aliphatic carbocycles. The van der Waals surface area contributed by atoms with Crippen LogP contribution in [0.25, 0.3) is 0 Å². The first-order valence-electron chi connectivity index (χ1n) is 20.1. The van der Waals surface area contributed by atoms with Crippen molar-refractivity contribution in [1.82, 2.24) is 5.32 Å². The Kier molecular flexibility index (Phi) is 30.4. The highest BCUT2D eigenvalue weighted by molar-refractivity contribution is 5.76. The lowest BCUT2D eigenvalue weighted by Crippen LogP contribution is -2.60. The van der Waals surface area contributed by atoms with Crippen molar-refractivity contribution >= 4 is 5.91 Å². The monoisotopic (exact) mass is 732 g/mol. The molecule has 0 aromatic rings. The average molecular weight is 732 g/mol. The number of carbonyl (C=O) groups is 1. The quantitative estimate of drug-likeness (QED) is 0.0319.